The van der Waals surface area contributed by atoms with Crippen LogP contribution in [0.4, 0.5) is 10.5 Å². The maximum atomic E-state index is 11.6. The van der Waals surface area contributed by atoms with Crippen LogP contribution < -0.4 is 21.1 Å². The van der Waals surface area contributed by atoms with Crippen LogP contribution in [0.5, 0.6) is 5.75 Å². The molecule has 0 aliphatic rings. The van der Waals surface area contributed by atoms with E-state index in [0.717, 1.165) is 11.3 Å². The maximum Gasteiger partial charge on any atom is 0.321 e. The molecule has 1 rings (SSSR count). The number of urea groups is 1. The highest BCUT2D eigenvalue weighted by Gasteiger charge is 2.10. The number of rotatable bonds is 6. The number of hydrogen-bond donors (Lipinski definition) is 3. The highest BCUT2D eigenvalue weighted by Crippen LogP contribution is 2.30. The molecular formula is C13H19N3O3S. The minimum atomic E-state index is -0.471. The number of benzene rings is 1. The molecule has 0 saturated carbocycles. The van der Waals surface area contributed by atoms with Gasteiger partial charge in [-0.2, -0.15) is 0 Å². The third-order valence-electron chi connectivity index (χ3n) is 2.33. The molecule has 1 aromatic carbocycles. The van der Waals surface area contributed by atoms with Crippen LogP contribution in [0.3, 0.4) is 0 Å². The average molecular weight is 297 g/mol. The predicted octanol–water partition coefficient (Wildman–Crippen LogP) is 1.61. The molecule has 0 bridgehead atoms. The van der Waals surface area contributed by atoms with Crippen LogP contribution in [-0.4, -0.2) is 31.3 Å². The Morgan fingerprint density at radius 3 is 2.80 bits per heavy atom. The Morgan fingerprint density at radius 1 is 1.40 bits per heavy atom. The number of anilines is 1. The number of carbonyl (C=O) groups excluding carboxylic acids is 2. The quantitative estimate of drug-likeness (QED) is 0.548. The van der Waals surface area contributed by atoms with Gasteiger partial charge in [0.25, 0.3) is 0 Å². The Kier molecular flexibility index (Phi) is 6.72. The average Bonchev–Trinajstić information content (AvgIpc) is 2.43. The fourth-order valence-corrected chi connectivity index (χ4v) is 2.20. The van der Waals surface area contributed by atoms with Gasteiger partial charge in [-0.15, -0.1) is 11.8 Å². The van der Waals surface area contributed by atoms with E-state index < -0.39 is 6.03 Å². The van der Waals surface area contributed by atoms with Gasteiger partial charge in [0.1, 0.15) is 5.75 Å². The molecule has 0 atom stereocenters. The van der Waals surface area contributed by atoms with E-state index in [0.29, 0.717) is 18.0 Å². The van der Waals surface area contributed by atoms with Gasteiger partial charge in [-0.3, -0.25) is 10.1 Å². The SMILES string of the molecule is CCCNC(=O)NC(=O)CSc1ccc(N)cc1OC. The first-order chi connectivity index (χ1) is 9.56. The molecule has 4 N–H and O–H groups in total. The number of nitrogens with two attached hydrogens (primary N) is 1. The number of hydrogen-bond acceptors (Lipinski definition) is 5. The molecule has 110 valence electrons. The molecule has 0 unspecified atom stereocenters. The Labute approximate surface area is 122 Å². The van der Waals surface area contributed by atoms with Gasteiger partial charge in [0.15, 0.2) is 0 Å². The van der Waals surface area contributed by atoms with Crippen molar-refractivity contribution >= 4 is 29.4 Å². The van der Waals surface area contributed by atoms with Crippen LogP contribution in [0, 0.1) is 0 Å². The number of carbonyl (C=O) groups is 2. The third-order valence-corrected chi connectivity index (χ3v) is 3.39. The number of nitrogen functional groups attached to an aromatic ring is 1. The van der Waals surface area contributed by atoms with Crippen LogP contribution in [0.25, 0.3) is 0 Å². The zero-order valence-corrected chi connectivity index (χ0v) is 12.4. The minimum absolute atomic E-state index is 0.125. The number of methoxy groups -OCH3 is 1. The normalized spacial score (nSPS) is 9.90. The van der Waals surface area contributed by atoms with E-state index >= 15 is 0 Å². The van der Waals surface area contributed by atoms with Crippen molar-refractivity contribution in [1.29, 1.82) is 0 Å². The zero-order chi connectivity index (χ0) is 15.0. The number of nitrogens with one attached hydrogen (secondary N) is 2. The van der Waals surface area contributed by atoms with Crippen molar-refractivity contribution in [2.24, 2.45) is 0 Å². The summed E-state index contributed by atoms with van der Waals surface area (Å²) in [7, 11) is 1.54. The Balaban J connectivity index is 2.46. The Morgan fingerprint density at radius 2 is 2.15 bits per heavy atom. The van der Waals surface area contributed by atoms with Crippen molar-refractivity contribution in [3.05, 3.63) is 18.2 Å². The molecule has 0 aliphatic carbocycles. The summed E-state index contributed by atoms with van der Waals surface area (Å²) in [5, 5.41) is 4.83. The lowest BCUT2D eigenvalue weighted by Crippen LogP contribution is -2.40. The van der Waals surface area contributed by atoms with Gasteiger partial charge < -0.3 is 15.8 Å². The number of thioether (sulfide) groups is 1. The topological polar surface area (TPSA) is 93.5 Å². The summed E-state index contributed by atoms with van der Waals surface area (Å²) in [4.78, 5) is 23.7. The maximum absolute atomic E-state index is 11.6. The first-order valence-corrected chi connectivity index (χ1v) is 7.19. The molecule has 1 aromatic rings. The first kappa shape index (κ1) is 16.2. The lowest BCUT2D eigenvalue weighted by Gasteiger charge is -2.09. The van der Waals surface area contributed by atoms with Crippen LogP contribution in [0.1, 0.15) is 13.3 Å². The summed E-state index contributed by atoms with van der Waals surface area (Å²) in [5.74, 6) is 0.375. The van der Waals surface area contributed by atoms with Crippen molar-refractivity contribution < 1.29 is 14.3 Å². The van der Waals surface area contributed by atoms with Crippen molar-refractivity contribution in [3.63, 3.8) is 0 Å². The highest BCUT2D eigenvalue weighted by molar-refractivity contribution is 8.00. The molecule has 20 heavy (non-hydrogen) atoms. The lowest BCUT2D eigenvalue weighted by molar-refractivity contribution is -0.117. The molecule has 0 aliphatic heterocycles. The minimum Gasteiger partial charge on any atom is -0.496 e. The number of amides is 3. The van der Waals surface area contributed by atoms with Gasteiger partial charge in [-0.1, -0.05) is 6.92 Å². The summed E-state index contributed by atoms with van der Waals surface area (Å²) in [6.07, 6.45) is 0.818. The molecule has 0 radical (unpaired) electrons. The second kappa shape index (κ2) is 8.31. The second-order valence-electron chi connectivity index (χ2n) is 4.00. The largest absolute Gasteiger partial charge is 0.496 e. The molecule has 0 saturated heterocycles. The predicted molar refractivity (Wildman–Crippen MR) is 80.0 cm³/mol. The van der Waals surface area contributed by atoms with Crippen LogP contribution in [-0.2, 0) is 4.79 Å². The Hall–Kier alpha value is -1.89. The molecular weight excluding hydrogens is 278 g/mol. The highest BCUT2D eigenvalue weighted by atomic mass is 32.2. The van der Waals surface area contributed by atoms with E-state index in [-0.39, 0.29) is 11.7 Å². The summed E-state index contributed by atoms with van der Waals surface area (Å²) in [6, 6.07) is 4.73. The Bertz CT molecular complexity index is 480. The van der Waals surface area contributed by atoms with E-state index in [1.54, 1.807) is 18.2 Å². The van der Waals surface area contributed by atoms with Gasteiger partial charge in [-0.25, -0.2) is 4.79 Å². The summed E-state index contributed by atoms with van der Waals surface area (Å²) < 4.78 is 5.18. The van der Waals surface area contributed by atoms with E-state index in [2.05, 4.69) is 10.6 Å². The van der Waals surface area contributed by atoms with E-state index in [1.807, 2.05) is 6.92 Å². The van der Waals surface area contributed by atoms with Gasteiger partial charge >= 0.3 is 6.03 Å². The summed E-state index contributed by atoms with van der Waals surface area (Å²) in [5.41, 5.74) is 6.24. The second-order valence-corrected chi connectivity index (χ2v) is 5.02. The lowest BCUT2D eigenvalue weighted by atomic mass is 10.3. The van der Waals surface area contributed by atoms with Gasteiger partial charge in [0, 0.05) is 23.2 Å². The fraction of sp³-hybridized carbons (Fsp3) is 0.385. The molecule has 0 aromatic heterocycles. The number of ether oxygens (including phenoxy) is 1. The van der Waals surface area contributed by atoms with Crippen molar-refractivity contribution in [2.45, 2.75) is 18.2 Å². The number of imide groups is 1. The van der Waals surface area contributed by atoms with E-state index in [9.17, 15) is 9.59 Å². The van der Waals surface area contributed by atoms with E-state index in [1.165, 1.54) is 18.9 Å². The van der Waals surface area contributed by atoms with Crippen LogP contribution in [0.15, 0.2) is 23.1 Å². The van der Waals surface area contributed by atoms with Gasteiger partial charge in [0.2, 0.25) is 5.91 Å². The van der Waals surface area contributed by atoms with Crippen LogP contribution in [0.2, 0.25) is 0 Å². The van der Waals surface area contributed by atoms with Gasteiger partial charge in [-0.05, 0) is 18.6 Å². The fourth-order valence-electron chi connectivity index (χ4n) is 1.39. The van der Waals surface area contributed by atoms with Crippen LogP contribution >= 0.6 is 11.8 Å². The van der Waals surface area contributed by atoms with Gasteiger partial charge in [0.05, 0.1) is 12.9 Å². The standard InChI is InChI=1S/C13H19N3O3S/c1-3-6-15-13(18)16-12(17)8-20-11-5-4-9(14)7-10(11)19-2/h4-5,7H,3,6,8,14H2,1-2H3,(H2,15,16,17,18). The molecule has 6 nitrogen and oxygen atoms in total. The van der Waals surface area contributed by atoms with Crippen molar-refractivity contribution in [3.8, 4) is 5.75 Å². The molecule has 0 heterocycles. The summed E-state index contributed by atoms with van der Waals surface area (Å²) in [6.45, 7) is 2.48. The van der Waals surface area contributed by atoms with E-state index in [4.69, 9.17) is 10.5 Å². The summed E-state index contributed by atoms with van der Waals surface area (Å²) >= 11 is 1.28. The first-order valence-electron chi connectivity index (χ1n) is 6.20. The molecule has 0 spiro atoms. The van der Waals surface area contributed by atoms with Crippen molar-refractivity contribution in [2.75, 3.05) is 25.1 Å². The molecule has 3 amide bonds. The molecule has 0 fully saturated rings. The monoisotopic (exact) mass is 297 g/mol. The zero-order valence-electron chi connectivity index (χ0n) is 11.6. The molecule has 7 heteroatoms. The van der Waals surface area contributed by atoms with Crippen molar-refractivity contribution in [1.82, 2.24) is 10.6 Å². The third kappa shape index (κ3) is 5.40. The smallest absolute Gasteiger partial charge is 0.321 e.